The third-order valence-electron chi connectivity index (χ3n) is 7.44. The lowest BCUT2D eigenvalue weighted by Crippen LogP contribution is -2.70. The number of ether oxygens (including phenoxy) is 1. The largest absolute Gasteiger partial charge is 0.444 e. The van der Waals surface area contributed by atoms with E-state index in [-0.39, 0.29) is 30.5 Å². The number of amides is 2. The number of alkyl halides is 3. The van der Waals surface area contributed by atoms with Crippen LogP contribution in [-0.4, -0.2) is 87.8 Å². The van der Waals surface area contributed by atoms with Crippen LogP contribution in [0.3, 0.4) is 0 Å². The van der Waals surface area contributed by atoms with Gasteiger partial charge in [0.25, 0.3) is 0 Å². The number of hydrogen-bond acceptors (Lipinski definition) is 5. The average Bonchev–Trinajstić information content (AvgIpc) is 3.22. The van der Waals surface area contributed by atoms with Gasteiger partial charge in [-0.1, -0.05) is 17.7 Å². The molecule has 2 aliphatic heterocycles. The van der Waals surface area contributed by atoms with Gasteiger partial charge in [0.15, 0.2) is 0 Å². The fraction of sp³-hybridized carbons (Fsp3) is 0.692. The predicted octanol–water partition coefficient (Wildman–Crippen LogP) is 4.34. The third-order valence-corrected chi connectivity index (χ3v) is 7.75. The molecule has 3 fully saturated rings. The molecule has 0 unspecified atom stereocenters. The van der Waals surface area contributed by atoms with Gasteiger partial charge in [0, 0.05) is 32.2 Å². The number of nitrogens with zero attached hydrogens (tertiary/aromatic N) is 3. The smallest absolute Gasteiger partial charge is 0.417 e. The average molecular weight is 546 g/mol. The summed E-state index contributed by atoms with van der Waals surface area (Å²) in [5.41, 5.74) is -1.19. The summed E-state index contributed by atoms with van der Waals surface area (Å²) in [7, 11) is 0. The molecule has 1 N–H and O–H groups in total. The van der Waals surface area contributed by atoms with Crippen molar-refractivity contribution in [1.82, 2.24) is 14.7 Å². The number of aliphatic hydroxyl groups excluding tert-OH is 1. The number of likely N-dealkylation sites (tertiary alicyclic amines) is 1. The molecule has 37 heavy (non-hydrogen) atoms. The summed E-state index contributed by atoms with van der Waals surface area (Å²) in [5.74, 6) is -0.221. The Balaban J connectivity index is 1.59. The second-order valence-corrected chi connectivity index (χ2v) is 11.7. The Labute approximate surface area is 220 Å². The van der Waals surface area contributed by atoms with Crippen molar-refractivity contribution >= 4 is 23.6 Å². The number of carbonyl (C=O) groups is 2. The molecule has 0 spiro atoms. The van der Waals surface area contributed by atoms with Gasteiger partial charge in [-0.2, -0.15) is 13.2 Å². The van der Waals surface area contributed by atoms with Crippen LogP contribution in [0.25, 0.3) is 0 Å². The number of rotatable bonds is 3. The Kier molecular flexibility index (Phi) is 8.03. The minimum Gasteiger partial charge on any atom is -0.444 e. The Morgan fingerprint density at radius 2 is 1.73 bits per heavy atom. The molecule has 2 amide bonds. The van der Waals surface area contributed by atoms with Gasteiger partial charge in [-0.05, 0) is 64.2 Å². The topological polar surface area (TPSA) is 73.3 Å². The summed E-state index contributed by atoms with van der Waals surface area (Å²) >= 11 is 5.89. The number of piperazine rings is 1. The summed E-state index contributed by atoms with van der Waals surface area (Å²) in [6, 6.07) is 2.80. The Morgan fingerprint density at radius 3 is 2.32 bits per heavy atom. The van der Waals surface area contributed by atoms with E-state index in [4.69, 9.17) is 16.3 Å². The van der Waals surface area contributed by atoms with Gasteiger partial charge in [-0.3, -0.25) is 9.69 Å². The fourth-order valence-electron chi connectivity index (χ4n) is 5.90. The lowest BCUT2D eigenvalue weighted by Gasteiger charge is -2.54. The zero-order valence-corrected chi connectivity index (χ0v) is 22.2. The second-order valence-electron chi connectivity index (χ2n) is 11.2. The maximum absolute atomic E-state index is 13.6. The summed E-state index contributed by atoms with van der Waals surface area (Å²) in [5, 5.41) is 9.73. The van der Waals surface area contributed by atoms with Crippen molar-refractivity contribution in [3.05, 3.63) is 34.3 Å². The number of β-amino-alcohol motifs (C(OH)–C–C–N with tert-alkyl or cyclic N) is 1. The molecule has 2 heterocycles. The maximum Gasteiger partial charge on any atom is 0.417 e. The molecule has 7 nitrogen and oxygen atoms in total. The van der Waals surface area contributed by atoms with E-state index >= 15 is 0 Å². The molecular weight excluding hydrogens is 511 g/mol. The molecule has 0 bridgehead atoms. The van der Waals surface area contributed by atoms with E-state index in [1.807, 2.05) is 20.8 Å². The van der Waals surface area contributed by atoms with Crippen LogP contribution in [0.15, 0.2) is 18.2 Å². The van der Waals surface area contributed by atoms with Crippen molar-refractivity contribution in [2.24, 2.45) is 0 Å². The summed E-state index contributed by atoms with van der Waals surface area (Å²) in [6.45, 7) is 7.26. The van der Waals surface area contributed by atoms with E-state index in [0.717, 1.165) is 18.9 Å². The zero-order chi connectivity index (χ0) is 27.1. The standard InChI is InChI=1S/C26H35ClF3N3O4/c1-25(2,3)37-24(36)32-11-12-33(22(35)14-16-7-8-18(19(27)13-16)26(28,29)30)23-20(5-4-6-21(23)32)31-10-9-17(34)15-31/h7-8,13,17,20-21,23,34H,4-6,9-12,14-15H2,1-3H3/t17-,20-,21-,23+/m0/s1. The van der Waals surface area contributed by atoms with Crippen molar-refractivity contribution in [3.63, 3.8) is 0 Å². The number of halogens is 4. The molecular formula is C26H35ClF3N3O4. The van der Waals surface area contributed by atoms with E-state index in [0.29, 0.717) is 44.6 Å². The van der Waals surface area contributed by atoms with Crippen LogP contribution in [0, 0.1) is 0 Å². The molecule has 2 saturated heterocycles. The first-order valence-electron chi connectivity index (χ1n) is 12.8. The first-order chi connectivity index (χ1) is 17.2. The highest BCUT2D eigenvalue weighted by Gasteiger charge is 2.49. The SMILES string of the molecule is CC(C)(C)OC(=O)N1CCN(C(=O)Cc2ccc(C(F)(F)F)c(Cl)c2)[C@@H]2[C@@H](N3CC[C@H](O)C3)CCC[C@@H]21. The Hall–Kier alpha value is -2.04. The fourth-order valence-corrected chi connectivity index (χ4v) is 6.21. The molecule has 0 aromatic heterocycles. The van der Waals surface area contributed by atoms with Gasteiger partial charge in [0.05, 0.1) is 35.2 Å². The van der Waals surface area contributed by atoms with Crippen LogP contribution in [0.2, 0.25) is 5.02 Å². The van der Waals surface area contributed by atoms with Gasteiger partial charge < -0.3 is 19.6 Å². The van der Waals surface area contributed by atoms with E-state index < -0.39 is 34.6 Å². The molecule has 11 heteroatoms. The first-order valence-corrected chi connectivity index (χ1v) is 13.2. The zero-order valence-electron chi connectivity index (χ0n) is 21.4. The number of hydrogen-bond donors (Lipinski definition) is 1. The molecule has 4 atom stereocenters. The van der Waals surface area contributed by atoms with Crippen LogP contribution >= 0.6 is 11.6 Å². The molecule has 206 valence electrons. The van der Waals surface area contributed by atoms with Gasteiger partial charge in [0.1, 0.15) is 5.60 Å². The minimum absolute atomic E-state index is 0.0405. The van der Waals surface area contributed by atoms with Crippen LogP contribution in [0.4, 0.5) is 18.0 Å². The Morgan fingerprint density at radius 1 is 1.05 bits per heavy atom. The van der Waals surface area contributed by atoms with Crippen LogP contribution < -0.4 is 0 Å². The van der Waals surface area contributed by atoms with Crippen molar-refractivity contribution < 1.29 is 32.6 Å². The third kappa shape index (κ3) is 6.34. The molecule has 3 aliphatic rings. The molecule has 0 radical (unpaired) electrons. The van der Waals surface area contributed by atoms with Gasteiger partial charge in [-0.25, -0.2) is 4.79 Å². The van der Waals surface area contributed by atoms with Crippen molar-refractivity contribution in [3.8, 4) is 0 Å². The highest BCUT2D eigenvalue weighted by atomic mass is 35.5. The first kappa shape index (κ1) is 28.0. The van der Waals surface area contributed by atoms with E-state index in [1.54, 1.807) is 9.80 Å². The van der Waals surface area contributed by atoms with Gasteiger partial charge in [-0.15, -0.1) is 0 Å². The van der Waals surface area contributed by atoms with Crippen molar-refractivity contribution in [2.75, 3.05) is 26.2 Å². The highest BCUT2D eigenvalue weighted by Crippen LogP contribution is 2.37. The summed E-state index contributed by atoms with van der Waals surface area (Å²) in [6.07, 6.45) is -2.44. The van der Waals surface area contributed by atoms with E-state index in [9.17, 15) is 27.9 Å². The van der Waals surface area contributed by atoms with Crippen LogP contribution in [0.1, 0.15) is 57.6 Å². The van der Waals surface area contributed by atoms with E-state index in [1.165, 1.54) is 12.1 Å². The molecule has 1 aromatic rings. The molecule has 4 rings (SSSR count). The lowest BCUT2D eigenvalue weighted by molar-refractivity contribution is -0.142. The molecule has 1 saturated carbocycles. The summed E-state index contributed by atoms with van der Waals surface area (Å²) < 4.78 is 45.0. The van der Waals surface area contributed by atoms with Gasteiger partial charge >= 0.3 is 12.3 Å². The van der Waals surface area contributed by atoms with Crippen molar-refractivity contribution in [2.45, 2.75) is 88.9 Å². The highest BCUT2D eigenvalue weighted by molar-refractivity contribution is 6.31. The van der Waals surface area contributed by atoms with Crippen molar-refractivity contribution in [1.29, 1.82) is 0 Å². The van der Waals surface area contributed by atoms with Crippen LogP contribution in [-0.2, 0) is 22.1 Å². The Bertz CT molecular complexity index is 1020. The molecule has 1 aromatic carbocycles. The monoisotopic (exact) mass is 545 g/mol. The second kappa shape index (κ2) is 10.6. The quantitative estimate of drug-likeness (QED) is 0.612. The minimum atomic E-state index is -4.57. The van der Waals surface area contributed by atoms with E-state index in [2.05, 4.69) is 4.90 Å². The number of fused-ring (bicyclic) bond motifs is 1. The molecule has 1 aliphatic carbocycles. The van der Waals surface area contributed by atoms with Crippen LogP contribution in [0.5, 0.6) is 0 Å². The number of aliphatic hydroxyl groups is 1. The number of carbonyl (C=O) groups excluding carboxylic acids is 2. The summed E-state index contributed by atoms with van der Waals surface area (Å²) in [4.78, 5) is 32.4. The predicted molar refractivity (Wildman–Crippen MR) is 132 cm³/mol. The normalized spacial score (nSPS) is 27.2. The number of benzene rings is 1. The maximum atomic E-state index is 13.6. The van der Waals surface area contributed by atoms with Gasteiger partial charge in [0.2, 0.25) is 5.91 Å². The lowest BCUT2D eigenvalue weighted by atomic mass is 9.81.